The maximum atomic E-state index is 11.5. The third-order valence-electron chi connectivity index (χ3n) is 4.35. The maximum absolute atomic E-state index is 11.5. The van der Waals surface area contributed by atoms with E-state index in [9.17, 15) is 4.79 Å². The van der Waals surface area contributed by atoms with E-state index >= 15 is 0 Å². The normalized spacial score (nSPS) is 11.4. The molecule has 0 heterocycles. The fraction of sp³-hybridized carbons (Fsp3) is 0.952. The summed E-state index contributed by atoms with van der Waals surface area (Å²) in [4.78, 5) is 11.5. The molecular formula is C21H42O2. The van der Waals surface area contributed by atoms with Gasteiger partial charge in [0.15, 0.2) is 0 Å². The van der Waals surface area contributed by atoms with E-state index in [4.69, 9.17) is 4.74 Å². The highest BCUT2D eigenvalue weighted by molar-refractivity contribution is 5.69. The van der Waals surface area contributed by atoms with Crippen LogP contribution in [0.4, 0.5) is 0 Å². The number of hydrogen-bond acceptors (Lipinski definition) is 2. The van der Waals surface area contributed by atoms with Crippen molar-refractivity contribution < 1.29 is 9.53 Å². The van der Waals surface area contributed by atoms with E-state index in [1.54, 1.807) is 0 Å². The summed E-state index contributed by atoms with van der Waals surface area (Å²) < 4.78 is 5.29. The molecule has 2 heteroatoms. The molecule has 0 spiro atoms. The number of unbranched alkanes of at least 4 members (excludes halogenated alkanes) is 8. The fourth-order valence-electron chi connectivity index (χ4n) is 2.80. The van der Waals surface area contributed by atoms with Crippen LogP contribution in [0.5, 0.6) is 0 Å². The van der Waals surface area contributed by atoms with Crippen LogP contribution in [0.3, 0.4) is 0 Å². The Labute approximate surface area is 145 Å². The van der Waals surface area contributed by atoms with Gasteiger partial charge in [-0.1, -0.05) is 91.9 Å². The first-order chi connectivity index (χ1) is 11.0. The summed E-state index contributed by atoms with van der Waals surface area (Å²) in [6.45, 7) is 9.68. The first-order valence-corrected chi connectivity index (χ1v) is 10.2. The van der Waals surface area contributed by atoms with Crippen molar-refractivity contribution in [3.8, 4) is 0 Å². The van der Waals surface area contributed by atoms with Crippen LogP contribution in [0, 0.1) is 11.8 Å². The van der Waals surface area contributed by atoms with Crippen molar-refractivity contribution in [1.29, 1.82) is 0 Å². The first kappa shape index (κ1) is 22.5. The topological polar surface area (TPSA) is 26.3 Å². The van der Waals surface area contributed by atoms with E-state index in [-0.39, 0.29) is 5.97 Å². The Balaban J connectivity index is 3.16. The summed E-state index contributed by atoms with van der Waals surface area (Å²) in [5.41, 5.74) is 0. The number of rotatable bonds is 16. The van der Waals surface area contributed by atoms with Gasteiger partial charge >= 0.3 is 5.97 Å². The summed E-state index contributed by atoms with van der Waals surface area (Å²) in [6, 6.07) is 0. The van der Waals surface area contributed by atoms with Gasteiger partial charge in [0.2, 0.25) is 0 Å². The van der Waals surface area contributed by atoms with Crippen molar-refractivity contribution in [2.75, 3.05) is 6.61 Å². The van der Waals surface area contributed by atoms with Gasteiger partial charge in [0.05, 0.1) is 6.61 Å². The third kappa shape index (κ3) is 19.4. The van der Waals surface area contributed by atoms with Crippen molar-refractivity contribution in [2.45, 2.75) is 111 Å². The lowest BCUT2D eigenvalue weighted by atomic mass is 10.0. The highest BCUT2D eigenvalue weighted by Gasteiger charge is 2.03. The molecule has 0 saturated carbocycles. The second kappa shape index (κ2) is 16.3. The Hall–Kier alpha value is -0.530. The van der Waals surface area contributed by atoms with Gasteiger partial charge in [0, 0.05) is 6.42 Å². The average molecular weight is 327 g/mol. The van der Waals surface area contributed by atoms with Gasteiger partial charge in [-0.15, -0.1) is 0 Å². The molecule has 0 N–H and O–H groups in total. The van der Waals surface area contributed by atoms with Crippen molar-refractivity contribution in [3.63, 3.8) is 0 Å². The highest BCUT2D eigenvalue weighted by atomic mass is 16.5. The lowest BCUT2D eigenvalue weighted by Gasteiger charge is -2.06. The third-order valence-corrected chi connectivity index (χ3v) is 4.35. The van der Waals surface area contributed by atoms with Crippen molar-refractivity contribution in [3.05, 3.63) is 0 Å². The molecule has 0 aliphatic heterocycles. The van der Waals surface area contributed by atoms with Gasteiger partial charge in [-0.25, -0.2) is 0 Å². The molecule has 23 heavy (non-hydrogen) atoms. The van der Waals surface area contributed by atoms with Crippen molar-refractivity contribution >= 4 is 5.97 Å². The van der Waals surface area contributed by atoms with Gasteiger partial charge in [-0.3, -0.25) is 4.79 Å². The van der Waals surface area contributed by atoms with Crippen LogP contribution in [0.15, 0.2) is 0 Å². The Bertz CT molecular complexity index is 259. The number of hydrogen-bond donors (Lipinski definition) is 0. The molecule has 0 saturated heterocycles. The molecule has 0 bridgehead atoms. The number of ether oxygens (including phenoxy) is 1. The van der Waals surface area contributed by atoms with Crippen LogP contribution in [0.1, 0.15) is 111 Å². The quantitative estimate of drug-likeness (QED) is 0.227. The minimum atomic E-state index is -0.00101. The smallest absolute Gasteiger partial charge is 0.305 e. The molecule has 0 aromatic heterocycles. The molecule has 0 aliphatic rings. The van der Waals surface area contributed by atoms with Crippen LogP contribution in [0.2, 0.25) is 0 Å². The summed E-state index contributed by atoms with van der Waals surface area (Å²) in [5.74, 6) is 1.59. The van der Waals surface area contributed by atoms with Gasteiger partial charge in [0.25, 0.3) is 0 Å². The molecule has 0 radical (unpaired) electrons. The summed E-state index contributed by atoms with van der Waals surface area (Å²) in [6.07, 6.45) is 15.7. The van der Waals surface area contributed by atoms with Crippen molar-refractivity contribution in [2.24, 2.45) is 11.8 Å². The van der Waals surface area contributed by atoms with Gasteiger partial charge in [0.1, 0.15) is 0 Å². The second-order valence-electron chi connectivity index (χ2n) is 7.87. The van der Waals surface area contributed by atoms with Gasteiger partial charge in [-0.2, -0.15) is 0 Å². The van der Waals surface area contributed by atoms with Crippen LogP contribution in [0.25, 0.3) is 0 Å². The minimum Gasteiger partial charge on any atom is -0.466 e. The average Bonchev–Trinajstić information content (AvgIpc) is 2.48. The standard InChI is InChI=1S/C21H42O2/c1-19(2)15-11-9-7-5-6-8-10-14-18-23-21(22)17-13-12-16-20(3)4/h19-20H,5-18H2,1-4H3. The van der Waals surface area contributed by atoms with E-state index in [1.807, 2.05) is 0 Å². The van der Waals surface area contributed by atoms with Gasteiger partial charge < -0.3 is 4.74 Å². The molecule has 0 fully saturated rings. The molecule has 0 aliphatic carbocycles. The van der Waals surface area contributed by atoms with E-state index in [0.717, 1.165) is 31.1 Å². The fourth-order valence-corrected chi connectivity index (χ4v) is 2.80. The molecule has 0 aromatic rings. The molecule has 138 valence electrons. The lowest BCUT2D eigenvalue weighted by molar-refractivity contribution is -0.143. The second-order valence-corrected chi connectivity index (χ2v) is 7.87. The van der Waals surface area contributed by atoms with Crippen LogP contribution in [-0.2, 0) is 9.53 Å². The van der Waals surface area contributed by atoms with E-state index in [1.165, 1.54) is 57.8 Å². The lowest BCUT2D eigenvalue weighted by Crippen LogP contribution is -2.05. The van der Waals surface area contributed by atoms with Crippen LogP contribution >= 0.6 is 0 Å². The SMILES string of the molecule is CC(C)CCCCCCCCCCOC(=O)CCCCC(C)C. The Morgan fingerprint density at radius 1 is 0.652 bits per heavy atom. The molecule has 0 unspecified atom stereocenters. The Kier molecular flexibility index (Phi) is 16.0. The zero-order valence-electron chi connectivity index (χ0n) is 16.4. The Morgan fingerprint density at radius 2 is 1.09 bits per heavy atom. The first-order valence-electron chi connectivity index (χ1n) is 10.2. The minimum absolute atomic E-state index is 0.00101. The summed E-state index contributed by atoms with van der Waals surface area (Å²) >= 11 is 0. The van der Waals surface area contributed by atoms with Crippen LogP contribution < -0.4 is 0 Å². The molecule has 0 atom stereocenters. The highest BCUT2D eigenvalue weighted by Crippen LogP contribution is 2.13. The molecule has 0 amide bonds. The molecule has 0 aromatic carbocycles. The number of carbonyl (C=O) groups excluding carboxylic acids is 1. The van der Waals surface area contributed by atoms with E-state index in [2.05, 4.69) is 27.7 Å². The zero-order valence-corrected chi connectivity index (χ0v) is 16.4. The van der Waals surface area contributed by atoms with Gasteiger partial charge in [-0.05, 0) is 24.7 Å². The molecule has 0 rings (SSSR count). The van der Waals surface area contributed by atoms with E-state index in [0.29, 0.717) is 13.0 Å². The Morgan fingerprint density at radius 3 is 1.61 bits per heavy atom. The van der Waals surface area contributed by atoms with Crippen LogP contribution in [-0.4, -0.2) is 12.6 Å². The summed E-state index contributed by atoms with van der Waals surface area (Å²) in [5, 5.41) is 0. The van der Waals surface area contributed by atoms with Crippen molar-refractivity contribution in [1.82, 2.24) is 0 Å². The largest absolute Gasteiger partial charge is 0.466 e. The number of carbonyl (C=O) groups is 1. The zero-order chi connectivity index (χ0) is 17.3. The predicted octanol–water partition coefficient (Wildman–Crippen LogP) is 6.91. The molecular weight excluding hydrogens is 284 g/mol. The maximum Gasteiger partial charge on any atom is 0.305 e. The predicted molar refractivity (Wildman–Crippen MR) is 101 cm³/mol. The summed E-state index contributed by atoms with van der Waals surface area (Å²) in [7, 11) is 0. The van der Waals surface area contributed by atoms with E-state index < -0.39 is 0 Å². The molecule has 2 nitrogen and oxygen atoms in total. The monoisotopic (exact) mass is 326 g/mol. The number of esters is 1.